The number of nitrogens with one attached hydrogen (secondary N) is 1. The SMILES string of the molecule is Cc1cnc(NC(=O)c2csc(-n3cccc3)n2)s1. The summed E-state index contributed by atoms with van der Waals surface area (Å²) in [6.07, 6.45) is 5.52. The highest BCUT2D eigenvalue weighted by Crippen LogP contribution is 2.19. The summed E-state index contributed by atoms with van der Waals surface area (Å²) in [4.78, 5) is 21.5. The molecule has 0 aliphatic rings. The van der Waals surface area contributed by atoms with E-state index >= 15 is 0 Å². The molecule has 0 fully saturated rings. The van der Waals surface area contributed by atoms with Gasteiger partial charge in [-0.3, -0.25) is 10.1 Å². The van der Waals surface area contributed by atoms with E-state index < -0.39 is 0 Å². The molecule has 1 amide bonds. The van der Waals surface area contributed by atoms with Gasteiger partial charge in [-0.05, 0) is 19.1 Å². The Morgan fingerprint density at radius 1 is 1.37 bits per heavy atom. The van der Waals surface area contributed by atoms with Crippen LogP contribution in [0.2, 0.25) is 0 Å². The maximum absolute atomic E-state index is 12.0. The van der Waals surface area contributed by atoms with E-state index in [0.717, 1.165) is 10.0 Å². The average Bonchev–Trinajstić information content (AvgIpc) is 3.08. The average molecular weight is 290 g/mol. The molecule has 3 rings (SSSR count). The normalized spacial score (nSPS) is 10.6. The van der Waals surface area contributed by atoms with Gasteiger partial charge in [-0.1, -0.05) is 0 Å². The highest BCUT2D eigenvalue weighted by atomic mass is 32.1. The van der Waals surface area contributed by atoms with Crippen molar-refractivity contribution in [3.05, 3.63) is 46.7 Å². The number of amides is 1. The molecule has 3 aromatic heterocycles. The van der Waals surface area contributed by atoms with Crippen LogP contribution in [0.1, 0.15) is 15.4 Å². The van der Waals surface area contributed by atoms with Crippen molar-refractivity contribution in [2.45, 2.75) is 6.92 Å². The van der Waals surface area contributed by atoms with Crippen LogP contribution in [0.5, 0.6) is 0 Å². The van der Waals surface area contributed by atoms with Gasteiger partial charge in [-0.2, -0.15) is 0 Å². The summed E-state index contributed by atoms with van der Waals surface area (Å²) >= 11 is 2.87. The Kier molecular flexibility index (Phi) is 3.14. The van der Waals surface area contributed by atoms with Crippen LogP contribution in [-0.4, -0.2) is 20.4 Å². The van der Waals surface area contributed by atoms with E-state index in [9.17, 15) is 4.79 Å². The molecule has 3 heterocycles. The summed E-state index contributed by atoms with van der Waals surface area (Å²) in [5.74, 6) is -0.232. The van der Waals surface area contributed by atoms with Crippen LogP contribution in [0.15, 0.2) is 36.1 Å². The summed E-state index contributed by atoms with van der Waals surface area (Å²) in [5, 5.41) is 5.85. The fourth-order valence-electron chi connectivity index (χ4n) is 1.52. The lowest BCUT2D eigenvalue weighted by Gasteiger charge is -1.97. The van der Waals surface area contributed by atoms with Gasteiger partial charge in [-0.15, -0.1) is 22.7 Å². The Morgan fingerprint density at radius 2 is 2.16 bits per heavy atom. The van der Waals surface area contributed by atoms with E-state index in [1.807, 2.05) is 36.0 Å². The summed E-state index contributed by atoms with van der Waals surface area (Å²) in [7, 11) is 0. The first-order valence-corrected chi connectivity index (χ1v) is 7.24. The quantitative estimate of drug-likeness (QED) is 0.806. The largest absolute Gasteiger partial charge is 0.300 e. The molecular weight excluding hydrogens is 280 g/mol. The topological polar surface area (TPSA) is 59.8 Å². The van der Waals surface area contributed by atoms with Crippen molar-refractivity contribution in [3.8, 4) is 5.13 Å². The van der Waals surface area contributed by atoms with E-state index in [1.165, 1.54) is 22.7 Å². The van der Waals surface area contributed by atoms with Crippen LogP contribution in [0.3, 0.4) is 0 Å². The number of hydrogen-bond acceptors (Lipinski definition) is 5. The molecule has 0 aliphatic heterocycles. The van der Waals surface area contributed by atoms with Gasteiger partial charge in [0.25, 0.3) is 5.91 Å². The van der Waals surface area contributed by atoms with Crippen LogP contribution in [-0.2, 0) is 0 Å². The lowest BCUT2D eigenvalue weighted by molar-refractivity contribution is 0.102. The molecule has 0 bridgehead atoms. The molecule has 0 radical (unpaired) electrons. The maximum Gasteiger partial charge on any atom is 0.276 e. The minimum atomic E-state index is -0.232. The van der Waals surface area contributed by atoms with Gasteiger partial charge in [0.1, 0.15) is 5.69 Å². The van der Waals surface area contributed by atoms with Gasteiger partial charge in [0.2, 0.25) is 0 Å². The molecule has 0 spiro atoms. The second-order valence-electron chi connectivity index (χ2n) is 3.84. The van der Waals surface area contributed by atoms with Crippen molar-refractivity contribution in [2.24, 2.45) is 0 Å². The lowest BCUT2D eigenvalue weighted by Crippen LogP contribution is -2.12. The van der Waals surface area contributed by atoms with Gasteiger partial charge in [0.15, 0.2) is 10.3 Å². The van der Waals surface area contributed by atoms with E-state index in [4.69, 9.17) is 0 Å². The first kappa shape index (κ1) is 12.1. The number of thiazole rings is 2. The monoisotopic (exact) mass is 290 g/mol. The standard InChI is InChI=1S/C12H10N4OS2/c1-8-6-13-11(19-8)15-10(17)9-7-18-12(14-9)16-4-2-3-5-16/h2-7H,1H3,(H,13,15,17). The Labute approximate surface area is 117 Å². The third kappa shape index (κ3) is 2.56. The minimum absolute atomic E-state index is 0.232. The Morgan fingerprint density at radius 3 is 2.84 bits per heavy atom. The first-order chi connectivity index (χ1) is 9.22. The molecule has 0 saturated heterocycles. The molecule has 0 saturated carbocycles. The third-order valence-electron chi connectivity index (χ3n) is 2.39. The fraction of sp³-hybridized carbons (Fsp3) is 0.0833. The molecule has 1 N–H and O–H groups in total. The summed E-state index contributed by atoms with van der Waals surface area (Å²) in [5.41, 5.74) is 0.404. The number of aryl methyl sites for hydroxylation is 1. The van der Waals surface area contributed by atoms with E-state index in [1.54, 1.807) is 11.6 Å². The van der Waals surface area contributed by atoms with Gasteiger partial charge in [-0.25, -0.2) is 9.97 Å². The van der Waals surface area contributed by atoms with Gasteiger partial charge >= 0.3 is 0 Å². The van der Waals surface area contributed by atoms with Crippen molar-refractivity contribution in [1.82, 2.24) is 14.5 Å². The molecule has 0 unspecified atom stereocenters. The zero-order chi connectivity index (χ0) is 13.2. The second-order valence-corrected chi connectivity index (χ2v) is 5.91. The van der Waals surface area contributed by atoms with Crippen molar-refractivity contribution >= 4 is 33.7 Å². The molecule has 96 valence electrons. The number of anilines is 1. The number of hydrogen-bond donors (Lipinski definition) is 1. The predicted octanol–water partition coefficient (Wildman–Crippen LogP) is 2.95. The lowest BCUT2D eigenvalue weighted by atomic mass is 10.5. The Bertz CT molecular complexity index is 699. The number of carbonyl (C=O) groups excluding carboxylic acids is 1. The maximum atomic E-state index is 12.0. The molecular formula is C12H10N4OS2. The molecule has 0 atom stereocenters. The number of carbonyl (C=O) groups is 1. The number of nitrogens with zero attached hydrogens (tertiary/aromatic N) is 3. The predicted molar refractivity (Wildman–Crippen MR) is 76.2 cm³/mol. The smallest absolute Gasteiger partial charge is 0.276 e. The minimum Gasteiger partial charge on any atom is -0.300 e. The highest BCUT2D eigenvalue weighted by molar-refractivity contribution is 7.15. The van der Waals surface area contributed by atoms with Crippen molar-refractivity contribution < 1.29 is 4.79 Å². The molecule has 5 nitrogen and oxygen atoms in total. The van der Waals surface area contributed by atoms with Crippen molar-refractivity contribution in [3.63, 3.8) is 0 Å². The molecule has 19 heavy (non-hydrogen) atoms. The van der Waals surface area contributed by atoms with Gasteiger partial charge in [0, 0.05) is 28.8 Å². The van der Waals surface area contributed by atoms with E-state index in [-0.39, 0.29) is 5.91 Å². The number of rotatable bonds is 3. The van der Waals surface area contributed by atoms with Crippen LogP contribution in [0.25, 0.3) is 5.13 Å². The Hall–Kier alpha value is -1.99. The molecule has 3 aromatic rings. The summed E-state index contributed by atoms with van der Waals surface area (Å²) < 4.78 is 1.87. The number of aromatic nitrogens is 3. The van der Waals surface area contributed by atoms with Crippen molar-refractivity contribution in [1.29, 1.82) is 0 Å². The third-order valence-corrected chi connectivity index (χ3v) is 4.07. The first-order valence-electron chi connectivity index (χ1n) is 5.55. The second kappa shape index (κ2) is 4.94. The zero-order valence-electron chi connectivity index (χ0n) is 10.0. The van der Waals surface area contributed by atoms with Crippen LogP contribution >= 0.6 is 22.7 Å². The molecule has 0 aliphatic carbocycles. The van der Waals surface area contributed by atoms with Gasteiger partial charge < -0.3 is 4.57 Å². The van der Waals surface area contributed by atoms with Gasteiger partial charge in [0.05, 0.1) is 0 Å². The molecule has 0 aromatic carbocycles. The zero-order valence-corrected chi connectivity index (χ0v) is 11.7. The van der Waals surface area contributed by atoms with Crippen molar-refractivity contribution in [2.75, 3.05) is 5.32 Å². The summed E-state index contributed by atoms with van der Waals surface area (Å²) in [6, 6.07) is 3.83. The molecule has 7 heteroatoms. The van der Waals surface area contributed by atoms with E-state index in [0.29, 0.717) is 10.8 Å². The fourth-order valence-corrected chi connectivity index (χ4v) is 2.95. The van der Waals surface area contributed by atoms with E-state index in [2.05, 4.69) is 15.3 Å². The van der Waals surface area contributed by atoms with Crippen LogP contribution in [0, 0.1) is 6.92 Å². The highest BCUT2D eigenvalue weighted by Gasteiger charge is 2.13. The summed E-state index contributed by atoms with van der Waals surface area (Å²) in [6.45, 7) is 1.94. The van der Waals surface area contributed by atoms with Crippen LogP contribution < -0.4 is 5.32 Å². The van der Waals surface area contributed by atoms with Crippen LogP contribution in [0.4, 0.5) is 5.13 Å². The Balaban J connectivity index is 1.77.